The smallest absolute Gasteiger partial charge is 0.0599 e. The van der Waals surface area contributed by atoms with E-state index in [1.165, 1.54) is 58.5 Å². The normalized spacial score (nSPS) is 19.6. The van der Waals surface area contributed by atoms with Crippen LogP contribution in [0.2, 0.25) is 0 Å². The Balaban J connectivity index is 0.00000134. The van der Waals surface area contributed by atoms with Crippen molar-refractivity contribution in [2.24, 2.45) is 0 Å². The van der Waals surface area contributed by atoms with Crippen LogP contribution in [0, 0.1) is 0 Å². The number of nitrogens with one attached hydrogen (secondary N) is 1. The number of rotatable bonds is 9. The van der Waals surface area contributed by atoms with Crippen molar-refractivity contribution in [2.75, 3.05) is 72.7 Å². The van der Waals surface area contributed by atoms with E-state index in [-0.39, 0.29) is 0 Å². The number of piperazine rings is 1. The van der Waals surface area contributed by atoms with Crippen molar-refractivity contribution in [1.29, 1.82) is 0 Å². The molecular weight excluding hydrogens is 314 g/mol. The molecule has 0 saturated carbocycles. The molecule has 0 aromatic carbocycles. The van der Waals surface area contributed by atoms with Crippen molar-refractivity contribution in [2.45, 2.75) is 59.5 Å². The third-order valence-corrected chi connectivity index (χ3v) is 4.55. The zero-order valence-electron chi connectivity index (χ0n) is 17.7. The second-order valence-corrected chi connectivity index (χ2v) is 6.20. The lowest BCUT2D eigenvalue weighted by molar-refractivity contribution is 0.0250. The highest BCUT2D eigenvalue weighted by atomic mass is 16.5. The van der Waals surface area contributed by atoms with E-state index in [1.54, 1.807) is 7.11 Å². The van der Waals surface area contributed by atoms with Crippen LogP contribution in [0.25, 0.3) is 0 Å². The van der Waals surface area contributed by atoms with E-state index in [9.17, 15) is 0 Å². The van der Waals surface area contributed by atoms with Crippen molar-refractivity contribution in [3.05, 3.63) is 0 Å². The predicted molar refractivity (Wildman–Crippen MR) is 109 cm³/mol. The first-order valence-electron chi connectivity index (χ1n) is 10.6. The summed E-state index contributed by atoms with van der Waals surface area (Å²) in [4.78, 5) is 5.14. The van der Waals surface area contributed by atoms with E-state index in [1.807, 2.05) is 27.7 Å². The molecule has 0 unspecified atom stereocenters. The van der Waals surface area contributed by atoms with Gasteiger partial charge in [-0.15, -0.1) is 0 Å². The molecule has 1 N–H and O–H groups in total. The second kappa shape index (κ2) is 18.6. The molecular formula is C20H45N3O2. The monoisotopic (exact) mass is 359 g/mol. The van der Waals surface area contributed by atoms with Gasteiger partial charge in [-0.2, -0.15) is 0 Å². The Labute approximate surface area is 157 Å². The topological polar surface area (TPSA) is 37.0 Å². The molecule has 0 amide bonds. The maximum Gasteiger partial charge on any atom is 0.0599 e. The molecule has 2 aliphatic rings. The summed E-state index contributed by atoms with van der Waals surface area (Å²) in [6.45, 7) is 19.3. The van der Waals surface area contributed by atoms with Crippen LogP contribution in [0.1, 0.15) is 53.4 Å². The number of methoxy groups -OCH3 is 1. The van der Waals surface area contributed by atoms with Gasteiger partial charge in [0.15, 0.2) is 0 Å². The molecule has 0 spiro atoms. The molecule has 2 heterocycles. The number of ether oxygens (including phenoxy) is 2. The van der Waals surface area contributed by atoms with Gasteiger partial charge in [-0.05, 0) is 38.8 Å². The average molecular weight is 360 g/mol. The first-order valence-corrected chi connectivity index (χ1v) is 10.6. The fourth-order valence-corrected chi connectivity index (χ4v) is 3.17. The maximum atomic E-state index is 5.97. The average Bonchev–Trinajstić information content (AvgIpc) is 2.70. The minimum absolute atomic E-state index is 0.504. The van der Waals surface area contributed by atoms with E-state index in [0.717, 1.165) is 32.7 Å². The highest BCUT2D eigenvalue weighted by molar-refractivity contribution is 4.72. The van der Waals surface area contributed by atoms with Crippen LogP contribution in [-0.2, 0) is 9.47 Å². The Hall–Kier alpha value is -0.200. The van der Waals surface area contributed by atoms with E-state index in [0.29, 0.717) is 6.10 Å². The van der Waals surface area contributed by atoms with Gasteiger partial charge in [-0.1, -0.05) is 27.7 Å². The SMILES string of the molecule is CC.CC.COCCCN1CCN(CCCOC2CCNCC2)CC1. The summed E-state index contributed by atoms with van der Waals surface area (Å²) in [5.41, 5.74) is 0. The van der Waals surface area contributed by atoms with Gasteiger partial charge >= 0.3 is 0 Å². The van der Waals surface area contributed by atoms with E-state index in [4.69, 9.17) is 9.47 Å². The number of nitrogens with zero attached hydrogens (tertiary/aromatic N) is 2. The van der Waals surface area contributed by atoms with Crippen molar-refractivity contribution in [1.82, 2.24) is 15.1 Å². The number of hydrogen-bond acceptors (Lipinski definition) is 5. The Morgan fingerprint density at radius 2 is 1.28 bits per heavy atom. The van der Waals surface area contributed by atoms with Crippen LogP contribution in [0.3, 0.4) is 0 Å². The molecule has 5 heteroatoms. The lowest BCUT2D eigenvalue weighted by atomic mass is 10.1. The Morgan fingerprint density at radius 1 is 0.800 bits per heavy atom. The van der Waals surface area contributed by atoms with Gasteiger partial charge in [-0.25, -0.2) is 0 Å². The number of piperidine rings is 1. The van der Waals surface area contributed by atoms with Gasteiger partial charge in [-0.3, -0.25) is 0 Å². The minimum atomic E-state index is 0.504. The molecule has 5 nitrogen and oxygen atoms in total. The van der Waals surface area contributed by atoms with Gasteiger partial charge < -0.3 is 24.6 Å². The largest absolute Gasteiger partial charge is 0.385 e. The number of hydrogen-bond donors (Lipinski definition) is 1. The summed E-state index contributed by atoms with van der Waals surface area (Å²) in [7, 11) is 1.78. The summed E-state index contributed by atoms with van der Waals surface area (Å²) in [6, 6.07) is 0. The molecule has 2 rings (SSSR count). The van der Waals surface area contributed by atoms with Crippen molar-refractivity contribution >= 4 is 0 Å². The van der Waals surface area contributed by atoms with Crippen molar-refractivity contribution in [3.8, 4) is 0 Å². The Morgan fingerprint density at radius 3 is 1.76 bits per heavy atom. The molecule has 0 radical (unpaired) electrons. The molecule has 2 aliphatic heterocycles. The van der Waals surface area contributed by atoms with Gasteiger partial charge in [0.25, 0.3) is 0 Å². The predicted octanol–water partition coefficient (Wildman–Crippen LogP) is 2.85. The molecule has 0 bridgehead atoms. The van der Waals surface area contributed by atoms with Crippen LogP contribution in [0.15, 0.2) is 0 Å². The van der Waals surface area contributed by atoms with Crippen LogP contribution in [-0.4, -0.2) is 88.6 Å². The highest BCUT2D eigenvalue weighted by Gasteiger charge is 2.16. The van der Waals surface area contributed by atoms with E-state index in [2.05, 4.69) is 15.1 Å². The summed E-state index contributed by atoms with van der Waals surface area (Å²) in [5, 5.41) is 3.38. The molecule has 0 aromatic rings. The lowest BCUT2D eigenvalue weighted by Crippen LogP contribution is -2.47. The van der Waals surface area contributed by atoms with Crippen molar-refractivity contribution < 1.29 is 9.47 Å². The molecule has 25 heavy (non-hydrogen) atoms. The van der Waals surface area contributed by atoms with E-state index < -0.39 is 0 Å². The maximum absolute atomic E-state index is 5.97. The van der Waals surface area contributed by atoms with Crippen LogP contribution < -0.4 is 5.32 Å². The molecule has 2 fully saturated rings. The lowest BCUT2D eigenvalue weighted by Gasteiger charge is -2.34. The van der Waals surface area contributed by atoms with Gasteiger partial charge in [0.1, 0.15) is 0 Å². The standard InChI is InChI=1S/C16H33N3O2.2C2H6/c1-20-14-2-8-18-10-12-19(13-11-18)9-3-15-21-16-4-6-17-7-5-16;2*1-2/h16-17H,2-15H2,1H3;2*1-2H3. The summed E-state index contributed by atoms with van der Waals surface area (Å²) in [6.07, 6.45) is 5.19. The summed E-state index contributed by atoms with van der Waals surface area (Å²) < 4.78 is 11.1. The highest BCUT2D eigenvalue weighted by Crippen LogP contribution is 2.08. The Bertz CT molecular complexity index is 253. The minimum Gasteiger partial charge on any atom is -0.385 e. The molecule has 152 valence electrons. The molecule has 0 aliphatic carbocycles. The zero-order chi connectivity index (χ0) is 18.8. The fourth-order valence-electron chi connectivity index (χ4n) is 3.17. The molecule has 0 atom stereocenters. The van der Waals surface area contributed by atoms with Crippen LogP contribution >= 0.6 is 0 Å². The van der Waals surface area contributed by atoms with Gasteiger partial charge in [0, 0.05) is 59.6 Å². The summed E-state index contributed by atoms with van der Waals surface area (Å²) >= 11 is 0. The molecule has 2 saturated heterocycles. The first-order chi connectivity index (χ1) is 12.4. The zero-order valence-corrected chi connectivity index (χ0v) is 17.7. The fraction of sp³-hybridized carbons (Fsp3) is 1.00. The van der Waals surface area contributed by atoms with E-state index >= 15 is 0 Å². The van der Waals surface area contributed by atoms with Gasteiger partial charge in [0.05, 0.1) is 6.10 Å². The third-order valence-electron chi connectivity index (χ3n) is 4.55. The van der Waals surface area contributed by atoms with Crippen LogP contribution in [0.4, 0.5) is 0 Å². The quantitative estimate of drug-likeness (QED) is 0.641. The second-order valence-electron chi connectivity index (χ2n) is 6.20. The third kappa shape index (κ3) is 12.7. The van der Waals surface area contributed by atoms with Crippen molar-refractivity contribution in [3.63, 3.8) is 0 Å². The summed E-state index contributed by atoms with van der Waals surface area (Å²) in [5.74, 6) is 0. The molecule has 0 aromatic heterocycles. The Kier molecular flexibility index (Phi) is 18.4. The van der Waals surface area contributed by atoms with Crippen LogP contribution in [0.5, 0.6) is 0 Å². The van der Waals surface area contributed by atoms with Gasteiger partial charge in [0.2, 0.25) is 0 Å². The first kappa shape index (κ1) is 24.8.